The van der Waals surface area contributed by atoms with Gasteiger partial charge in [0, 0.05) is 31.7 Å². The summed E-state index contributed by atoms with van der Waals surface area (Å²) in [5.41, 5.74) is 2.21. The smallest absolute Gasteiger partial charge is 0.277 e. The van der Waals surface area contributed by atoms with Crippen LogP contribution >= 0.6 is 0 Å². The molecule has 0 aliphatic carbocycles. The Morgan fingerprint density at radius 1 is 1.00 bits per heavy atom. The molecule has 2 aromatic rings. The monoisotopic (exact) mass is 402 g/mol. The minimum Gasteiger partial charge on any atom is -0.335 e. The van der Waals surface area contributed by atoms with E-state index in [1.807, 2.05) is 30.4 Å². The summed E-state index contributed by atoms with van der Waals surface area (Å²) in [6.07, 6.45) is 0. The predicted molar refractivity (Wildman–Crippen MR) is 108 cm³/mol. The largest absolute Gasteiger partial charge is 0.335 e. The molecule has 1 aliphatic rings. The van der Waals surface area contributed by atoms with E-state index >= 15 is 0 Å². The first kappa shape index (κ1) is 20.5. The first-order chi connectivity index (χ1) is 13.4. The molecule has 1 atom stereocenters. The lowest BCUT2D eigenvalue weighted by Crippen LogP contribution is -2.87. The van der Waals surface area contributed by atoms with Gasteiger partial charge in [0.1, 0.15) is 6.04 Å². The highest BCUT2D eigenvalue weighted by Gasteiger charge is 2.30. The molecule has 6 nitrogen and oxygen atoms in total. The fourth-order valence-electron chi connectivity index (χ4n) is 3.34. The van der Waals surface area contributed by atoms with Crippen molar-refractivity contribution in [2.45, 2.75) is 24.8 Å². The van der Waals surface area contributed by atoms with Gasteiger partial charge in [0.15, 0.2) is 6.54 Å². The fraction of sp³-hybridized carbons (Fsp3) is 0.381. The van der Waals surface area contributed by atoms with Crippen LogP contribution in [0.3, 0.4) is 0 Å². The molecule has 0 bridgehead atoms. The zero-order valence-corrected chi connectivity index (χ0v) is 17.2. The van der Waals surface area contributed by atoms with Crippen molar-refractivity contribution in [3.05, 3.63) is 65.7 Å². The molecular weight excluding hydrogens is 374 g/mol. The van der Waals surface area contributed by atoms with E-state index in [1.54, 1.807) is 29.2 Å². The van der Waals surface area contributed by atoms with Crippen molar-refractivity contribution in [3.8, 4) is 0 Å². The van der Waals surface area contributed by atoms with Gasteiger partial charge in [-0.2, -0.15) is 4.31 Å². The maximum atomic E-state index is 12.8. The highest BCUT2D eigenvalue weighted by molar-refractivity contribution is 7.89. The molecule has 0 radical (unpaired) electrons. The summed E-state index contributed by atoms with van der Waals surface area (Å²) in [7, 11) is -3.50. The number of carbonyl (C=O) groups is 1. The lowest BCUT2D eigenvalue weighted by molar-refractivity contribution is -0.683. The summed E-state index contributed by atoms with van der Waals surface area (Å²) in [6, 6.07) is 17.2. The quantitative estimate of drug-likeness (QED) is 0.788. The Kier molecular flexibility index (Phi) is 6.49. The molecule has 0 spiro atoms. The molecule has 2 aromatic carbocycles. The van der Waals surface area contributed by atoms with Gasteiger partial charge in [-0.15, -0.1) is 0 Å². The third kappa shape index (κ3) is 4.79. The van der Waals surface area contributed by atoms with Crippen LogP contribution in [0.25, 0.3) is 0 Å². The zero-order valence-electron chi connectivity index (χ0n) is 16.4. The molecule has 0 aromatic heterocycles. The average molecular weight is 403 g/mol. The van der Waals surface area contributed by atoms with Gasteiger partial charge in [-0.1, -0.05) is 48.0 Å². The molecule has 0 saturated carbocycles. The maximum absolute atomic E-state index is 12.8. The third-order valence-corrected chi connectivity index (χ3v) is 7.13. The van der Waals surface area contributed by atoms with Gasteiger partial charge in [-0.05, 0) is 26.0 Å². The van der Waals surface area contributed by atoms with Crippen LogP contribution in [-0.2, 0) is 14.8 Å². The normalized spacial score (nSPS) is 16.7. The number of benzene rings is 2. The van der Waals surface area contributed by atoms with Crippen LogP contribution in [0.2, 0.25) is 0 Å². The lowest BCUT2D eigenvalue weighted by Gasteiger charge is -2.33. The van der Waals surface area contributed by atoms with Crippen LogP contribution in [0.5, 0.6) is 0 Å². The Morgan fingerprint density at radius 2 is 1.61 bits per heavy atom. The maximum Gasteiger partial charge on any atom is 0.277 e. The second kappa shape index (κ2) is 8.86. The predicted octanol–water partition coefficient (Wildman–Crippen LogP) is 1.15. The van der Waals surface area contributed by atoms with E-state index in [2.05, 4.69) is 19.1 Å². The fourth-order valence-corrected chi connectivity index (χ4v) is 4.76. The lowest BCUT2D eigenvalue weighted by atomic mass is 10.1. The summed E-state index contributed by atoms with van der Waals surface area (Å²) in [5.74, 6) is 0.0511. The molecule has 28 heavy (non-hydrogen) atoms. The summed E-state index contributed by atoms with van der Waals surface area (Å²) in [4.78, 5) is 14.6. The van der Waals surface area contributed by atoms with Gasteiger partial charge in [-0.3, -0.25) is 4.79 Å². The number of nitrogens with two attached hydrogens (primary N) is 1. The van der Waals surface area contributed by atoms with Crippen molar-refractivity contribution in [2.75, 3.05) is 32.7 Å². The number of hydrogen-bond acceptors (Lipinski definition) is 3. The zero-order chi connectivity index (χ0) is 20.1. The standard InChI is InChI=1S/C21H27N3O3S/c1-17-8-10-20(11-9-17)28(26,27)24-14-12-23(13-15-24)21(25)16-22-18(2)19-6-4-3-5-7-19/h3-11,18,22H,12-16H2,1-2H3/p+1/t18-/m1/s1. The van der Waals surface area contributed by atoms with Crippen molar-refractivity contribution in [3.63, 3.8) is 0 Å². The topological polar surface area (TPSA) is 74.3 Å². The number of carbonyl (C=O) groups excluding carboxylic acids is 1. The van der Waals surface area contributed by atoms with Crippen molar-refractivity contribution >= 4 is 15.9 Å². The van der Waals surface area contributed by atoms with Crippen molar-refractivity contribution in [1.29, 1.82) is 0 Å². The first-order valence-electron chi connectivity index (χ1n) is 9.61. The second-order valence-corrected chi connectivity index (χ2v) is 9.18. The van der Waals surface area contributed by atoms with Gasteiger partial charge in [0.25, 0.3) is 5.91 Å². The molecule has 1 saturated heterocycles. The Labute approximate surface area is 167 Å². The molecule has 3 rings (SSSR count). The Bertz CT molecular complexity index is 890. The van der Waals surface area contributed by atoms with Crippen LogP contribution in [0.15, 0.2) is 59.5 Å². The number of hydrogen-bond donors (Lipinski definition) is 1. The summed E-state index contributed by atoms with van der Waals surface area (Å²) >= 11 is 0. The molecular formula is C21H28N3O3S+. The average Bonchev–Trinajstić information content (AvgIpc) is 2.73. The van der Waals surface area contributed by atoms with Crippen LogP contribution in [-0.4, -0.2) is 56.3 Å². The van der Waals surface area contributed by atoms with Gasteiger partial charge in [0.2, 0.25) is 10.0 Å². The van der Waals surface area contributed by atoms with Crippen molar-refractivity contribution in [1.82, 2.24) is 9.21 Å². The summed E-state index contributed by atoms with van der Waals surface area (Å²) < 4.78 is 27.0. The van der Waals surface area contributed by atoms with E-state index < -0.39 is 10.0 Å². The van der Waals surface area contributed by atoms with Gasteiger partial charge in [0.05, 0.1) is 4.90 Å². The highest BCUT2D eigenvalue weighted by Crippen LogP contribution is 2.18. The second-order valence-electron chi connectivity index (χ2n) is 7.24. The van der Waals surface area contributed by atoms with Crippen molar-refractivity contribution < 1.29 is 18.5 Å². The molecule has 1 aliphatic heterocycles. The molecule has 1 fully saturated rings. The Morgan fingerprint density at radius 3 is 2.21 bits per heavy atom. The van der Waals surface area contributed by atoms with E-state index in [0.717, 1.165) is 5.56 Å². The van der Waals surface area contributed by atoms with Crippen LogP contribution in [0, 0.1) is 6.92 Å². The number of sulfonamides is 1. The molecule has 1 amide bonds. The van der Waals surface area contributed by atoms with E-state index in [9.17, 15) is 13.2 Å². The Hall–Kier alpha value is -2.22. The minimum absolute atomic E-state index is 0.0511. The molecule has 0 unspecified atom stereocenters. The molecule has 2 N–H and O–H groups in total. The third-order valence-electron chi connectivity index (χ3n) is 5.22. The minimum atomic E-state index is -3.50. The molecule has 1 heterocycles. The van der Waals surface area contributed by atoms with Gasteiger partial charge >= 0.3 is 0 Å². The van der Waals surface area contributed by atoms with E-state index in [1.165, 1.54) is 9.87 Å². The first-order valence-corrected chi connectivity index (χ1v) is 11.0. The highest BCUT2D eigenvalue weighted by atomic mass is 32.2. The van der Waals surface area contributed by atoms with Gasteiger partial charge < -0.3 is 10.2 Å². The number of piperazine rings is 1. The summed E-state index contributed by atoms with van der Waals surface area (Å²) in [5, 5.41) is 2.02. The van der Waals surface area contributed by atoms with E-state index in [4.69, 9.17) is 0 Å². The van der Waals surface area contributed by atoms with Crippen LogP contribution in [0.4, 0.5) is 0 Å². The Balaban J connectivity index is 1.52. The van der Waals surface area contributed by atoms with Crippen LogP contribution < -0.4 is 5.32 Å². The number of aryl methyl sites for hydroxylation is 1. The number of nitrogens with zero attached hydrogens (tertiary/aromatic N) is 2. The molecule has 150 valence electrons. The SMILES string of the molecule is Cc1ccc(S(=O)(=O)N2CCN(C(=O)C[NH2+][C@H](C)c3ccccc3)CC2)cc1. The van der Waals surface area contributed by atoms with E-state index in [0.29, 0.717) is 37.6 Å². The number of rotatable bonds is 6. The van der Waals surface area contributed by atoms with E-state index in [-0.39, 0.29) is 11.9 Å². The summed E-state index contributed by atoms with van der Waals surface area (Å²) in [6.45, 7) is 5.88. The number of quaternary nitrogens is 1. The van der Waals surface area contributed by atoms with Crippen molar-refractivity contribution in [2.24, 2.45) is 0 Å². The van der Waals surface area contributed by atoms with Crippen LogP contribution in [0.1, 0.15) is 24.1 Å². The molecule has 7 heteroatoms. The number of amides is 1. The van der Waals surface area contributed by atoms with Gasteiger partial charge in [-0.25, -0.2) is 8.42 Å².